The molecule has 1 aromatic rings. The van der Waals surface area contributed by atoms with E-state index in [1.165, 1.54) is 4.90 Å². The molecule has 1 aliphatic rings. The number of aromatic nitrogens is 2. The fourth-order valence-electron chi connectivity index (χ4n) is 2.39. The number of amides is 2. The third-order valence-electron chi connectivity index (χ3n) is 3.66. The number of aromatic amines is 1. The fourth-order valence-corrected chi connectivity index (χ4v) is 2.39. The Hall–Kier alpha value is -2.18. The van der Waals surface area contributed by atoms with Crippen LogP contribution in [-0.4, -0.2) is 46.0 Å². The van der Waals surface area contributed by atoms with Gasteiger partial charge in [-0.1, -0.05) is 6.92 Å². The summed E-state index contributed by atoms with van der Waals surface area (Å²) in [4.78, 5) is 37.8. The average Bonchev–Trinajstić information content (AvgIpc) is 2.43. The third-order valence-corrected chi connectivity index (χ3v) is 3.66. The number of nitrogens with one attached hydrogen (secondary N) is 2. The van der Waals surface area contributed by atoms with Gasteiger partial charge in [0.05, 0.1) is 5.69 Å². The van der Waals surface area contributed by atoms with Crippen molar-refractivity contribution in [3.05, 3.63) is 27.2 Å². The molecule has 1 saturated heterocycles. The van der Waals surface area contributed by atoms with E-state index in [4.69, 9.17) is 0 Å². The van der Waals surface area contributed by atoms with Crippen LogP contribution in [0.15, 0.2) is 4.79 Å². The number of piperazine rings is 1. The van der Waals surface area contributed by atoms with Crippen LogP contribution < -0.4 is 10.9 Å². The first-order chi connectivity index (χ1) is 9.47. The van der Waals surface area contributed by atoms with Gasteiger partial charge in [-0.25, -0.2) is 5.10 Å². The molecule has 7 heteroatoms. The van der Waals surface area contributed by atoms with Gasteiger partial charge in [-0.05, 0) is 25.8 Å². The standard InChI is InChI=1S/C13H18N4O3/c1-4-9-11(18)14-5-6-17(9)13(20)10-7(2)8(3)15-16-12(10)19/h9H,4-6H2,1-3H3,(H,14,18)(H,16,19). The number of hydrogen-bond acceptors (Lipinski definition) is 4. The van der Waals surface area contributed by atoms with Crippen LogP contribution in [0.1, 0.15) is 35.0 Å². The largest absolute Gasteiger partial charge is 0.353 e. The topological polar surface area (TPSA) is 95.2 Å². The lowest BCUT2D eigenvalue weighted by Crippen LogP contribution is -2.57. The molecule has 0 aliphatic carbocycles. The summed E-state index contributed by atoms with van der Waals surface area (Å²) >= 11 is 0. The van der Waals surface area contributed by atoms with E-state index < -0.39 is 17.5 Å². The SMILES string of the molecule is CCC1C(=O)NCCN1C(=O)c1c(C)c(C)n[nH]c1=O. The zero-order valence-electron chi connectivity index (χ0n) is 11.8. The minimum absolute atomic E-state index is 0.0747. The molecule has 108 valence electrons. The molecule has 0 bridgehead atoms. The number of aryl methyl sites for hydroxylation is 1. The van der Waals surface area contributed by atoms with Gasteiger partial charge in [0.1, 0.15) is 11.6 Å². The highest BCUT2D eigenvalue weighted by Gasteiger charge is 2.34. The molecule has 0 spiro atoms. The molecule has 0 radical (unpaired) electrons. The van der Waals surface area contributed by atoms with Crippen LogP contribution in [0.25, 0.3) is 0 Å². The summed E-state index contributed by atoms with van der Waals surface area (Å²) in [6.07, 6.45) is 0.512. The Kier molecular flexibility index (Phi) is 3.87. The van der Waals surface area contributed by atoms with E-state index >= 15 is 0 Å². The summed E-state index contributed by atoms with van der Waals surface area (Å²) in [5.41, 5.74) is 0.714. The second kappa shape index (κ2) is 5.44. The second-order valence-corrected chi connectivity index (χ2v) is 4.85. The average molecular weight is 278 g/mol. The monoisotopic (exact) mass is 278 g/mol. The molecular weight excluding hydrogens is 260 g/mol. The van der Waals surface area contributed by atoms with Crippen molar-refractivity contribution in [2.75, 3.05) is 13.1 Å². The van der Waals surface area contributed by atoms with Crippen molar-refractivity contribution in [2.45, 2.75) is 33.2 Å². The minimum Gasteiger partial charge on any atom is -0.353 e. The molecule has 2 N–H and O–H groups in total. The predicted molar refractivity (Wildman–Crippen MR) is 72.5 cm³/mol. The van der Waals surface area contributed by atoms with Crippen molar-refractivity contribution < 1.29 is 9.59 Å². The van der Waals surface area contributed by atoms with Crippen molar-refractivity contribution in [1.29, 1.82) is 0 Å². The second-order valence-electron chi connectivity index (χ2n) is 4.85. The minimum atomic E-state index is -0.525. The van der Waals surface area contributed by atoms with Gasteiger partial charge in [0.15, 0.2) is 0 Å². The molecule has 1 aliphatic heterocycles. The first-order valence-electron chi connectivity index (χ1n) is 6.62. The van der Waals surface area contributed by atoms with Gasteiger partial charge in [-0.15, -0.1) is 0 Å². The Morgan fingerprint density at radius 1 is 1.40 bits per heavy atom. The lowest BCUT2D eigenvalue weighted by molar-refractivity contribution is -0.127. The van der Waals surface area contributed by atoms with Crippen molar-refractivity contribution in [3.8, 4) is 0 Å². The smallest absolute Gasteiger partial charge is 0.277 e. The van der Waals surface area contributed by atoms with E-state index in [2.05, 4.69) is 15.5 Å². The van der Waals surface area contributed by atoms with Gasteiger partial charge in [0, 0.05) is 13.1 Å². The van der Waals surface area contributed by atoms with Crippen LogP contribution >= 0.6 is 0 Å². The first kappa shape index (κ1) is 14.2. The van der Waals surface area contributed by atoms with Crippen LogP contribution in [-0.2, 0) is 4.79 Å². The van der Waals surface area contributed by atoms with Gasteiger partial charge < -0.3 is 10.2 Å². The number of nitrogens with zero attached hydrogens (tertiary/aromatic N) is 2. The third kappa shape index (κ3) is 2.31. The van der Waals surface area contributed by atoms with Gasteiger partial charge in [-0.2, -0.15) is 5.10 Å². The van der Waals surface area contributed by atoms with E-state index in [9.17, 15) is 14.4 Å². The molecule has 1 atom stereocenters. The highest BCUT2D eigenvalue weighted by Crippen LogP contribution is 2.14. The maximum absolute atomic E-state index is 12.6. The van der Waals surface area contributed by atoms with Gasteiger partial charge in [0.2, 0.25) is 5.91 Å². The van der Waals surface area contributed by atoms with Crippen LogP contribution in [0.3, 0.4) is 0 Å². The van der Waals surface area contributed by atoms with Crippen molar-refractivity contribution in [1.82, 2.24) is 20.4 Å². The summed E-state index contributed by atoms with van der Waals surface area (Å²) in [5, 5.41) is 8.88. The van der Waals surface area contributed by atoms with Crippen LogP contribution in [0.2, 0.25) is 0 Å². The highest BCUT2D eigenvalue weighted by atomic mass is 16.2. The number of carbonyl (C=O) groups excluding carboxylic acids is 2. The predicted octanol–water partition coefficient (Wildman–Crippen LogP) is -0.263. The Morgan fingerprint density at radius 2 is 2.10 bits per heavy atom. The zero-order valence-corrected chi connectivity index (χ0v) is 11.8. The molecule has 2 amide bonds. The highest BCUT2D eigenvalue weighted by molar-refractivity contribution is 5.99. The summed E-state index contributed by atoms with van der Waals surface area (Å²) in [6.45, 7) is 6.06. The van der Waals surface area contributed by atoms with Crippen molar-refractivity contribution in [3.63, 3.8) is 0 Å². The molecule has 20 heavy (non-hydrogen) atoms. The number of H-pyrrole nitrogens is 1. The maximum Gasteiger partial charge on any atom is 0.277 e. The van der Waals surface area contributed by atoms with Crippen molar-refractivity contribution in [2.24, 2.45) is 0 Å². The summed E-state index contributed by atoms with van der Waals surface area (Å²) in [7, 11) is 0. The molecule has 2 heterocycles. The summed E-state index contributed by atoms with van der Waals surface area (Å²) < 4.78 is 0. The fraction of sp³-hybridized carbons (Fsp3) is 0.538. The Labute approximate surface area is 116 Å². The van der Waals surface area contributed by atoms with E-state index in [-0.39, 0.29) is 11.5 Å². The zero-order chi connectivity index (χ0) is 14.9. The van der Waals surface area contributed by atoms with Crippen LogP contribution in [0.5, 0.6) is 0 Å². The number of hydrogen-bond donors (Lipinski definition) is 2. The quantitative estimate of drug-likeness (QED) is 0.779. The van der Waals surface area contributed by atoms with Crippen molar-refractivity contribution >= 4 is 11.8 Å². The van der Waals surface area contributed by atoms with Gasteiger partial charge in [-0.3, -0.25) is 14.4 Å². The molecule has 0 aromatic carbocycles. The van der Waals surface area contributed by atoms with Crippen LogP contribution in [0.4, 0.5) is 0 Å². The van der Waals surface area contributed by atoms with Gasteiger partial charge >= 0.3 is 0 Å². The summed E-state index contributed by atoms with van der Waals surface area (Å²) in [5.74, 6) is -0.581. The number of rotatable bonds is 2. The molecule has 1 unspecified atom stereocenters. The number of carbonyl (C=O) groups is 2. The summed E-state index contributed by atoms with van der Waals surface area (Å²) in [6, 6.07) is -0.525. The molecule has 0 saturated carbocycles. The van der Waals surface area contributed by atoms with E-state index in [1.54, 1.807) is 13.8 Å². The first-order valence-corrected chi connectivity index (χ1v) is 6.62. The van der Waals surface area contributed by atoms with E-state index in [0.717, 1.165) is 0 Å². The molecule has 1 fully saturated rings. The lowest BCUT2D eigenvalue weighted by Gasteiger charge is -2.34. The van der Waals surface area contributed by atoms with E-state index in [0.29, 0.717) is 30.8 Å². The molecular formula is C13H18N4O3. The van der Waals surface area contributed by atoms with E-state index in [1.807, 2.05) is 6.92 Å². The lowest BCUT2D eigenvalue weighted by atomic mass is 10.0. The maximum atomic E-state index is 12.6. The Bertz CT molecular complexity index is 608. The normalized spacial score (nSPS) is 18.9. The Morgan fingerprint density at radius 3 is 2.75 bits per heavy atom. The molecule has 7 nitrogen and oxygen atoms in total. The van der Waals surface area contributed by atoms with Gasteiger partial charge in [0.25, 0.3) is 11.5 Å². The molecule has 1 aromatic heterocycles. The molecule has 2 rings (SSSR count). The van der Waals surface area contributed by atoms with Crippen LogP contribution in [0, 0.1) is 13.8 Å². The Balaban J connectivity index is 2.43.